The van der Waals surface area contributed by atoms with Crippen LogP contribution in [0, 0.1) is 22.3 Å². The maximum atomic E-state index is 12.8. The average Bonchev–Trinajstić information content (AvgIpc) is 3.41. The van der Waals surface area contributed by atoms with Crippen LogP contribution < -0.4 is 14.8 Å². The van der Waals surface area contributed by atoms with Crippen LogP contribution in [0.5, 0.6) is 0 Å². The highest BCUT2D eigenvalue weighted by Gasteiger charge is 2.39. The molecule has 0 radical (unpaired) electrons. The van der Waals surface area contributed by atoms with E-state index in [1.165, 1.54) is 27.8 Å². The Morgan fingerprint density at radius 1 is 0.745 bits per heavy atom. The highest BCUT2D eigenvalue weighted by molar-refractivity contribution is 6.31. The third kappa shape index (κ3) is 7.55. The van der Waals surface area contributed by atoms with Gasteiger partial charge in [0.2, 0.25) is 11.4 Å². The van der Waals surface area contributed by atoms with Crippen LogP contribution in [0.4, 0.5) is 4.79 Å². The van der Waals surface area contributed by atoms with Crippen molar-refractivity contribution < 1.29 is 19.0 Å². The number of nitrogens with one attached hydrogen (secondary N) is 1. The van der Waals surface area contributed by atoms with Gasteiger partial charge < -0.3 is 25.4 Å². The number of piperidine rings is 2. The summed E-state index contributed by atoms with van der Waals surface area (Å²) in [7, 11) is 0. The third-order valence-electron chi connectivity index (χ3n) is 11.4. The largest absolute Gasteiger partial charge is 0.618 e. The summed E-state index contributed by atoms with van der Waals surface area (Å²) >= 11 is 12.5. The Morgan fingerprint density at radius 3 is 1.71 bits per heavy atom. The van der Waals surface area contributed by atoms with E-state index in [9.17, 15) is 15.2 Å². The molecule has 2 aliphatic carbocycles. The molecule has 0 bridgehead atoms. The van der Waals surface area contributed by atoms with E-state index in [4.69, 9.17) is 27.9 Å². The summed E-state index contributed by atoms with van der Waals surface area (Å²) in [6.07, 6.45) is 10.5. The predicted molar refractivity (Wildman–Crippen MR) is 199 cm³/mol. The Kier molecular flexibility index (Phi) is 11.0. The molecule has 0 spiro atoms. The van der Waals surface area contributed by atoms with E-state index in [2.05, 4.69) is 35.6 Å². The van der Waals surface area contributed by atoms with Gasteiger partial charge in [-0.15, -0.1) is 0 Å². The SMILES string of the molecule is CCOC(=O)N1CCC(C2c3ccc(Cl)cc3CCc3ccc[n+]([O-])c32)CC1.[O-][n+]1cccc2c1C(C1CCNCC1)c1ccc(Cl)cc1CC2. The molecule has 4 aliphatic rings. The molecule has 10 heteroatoms. The van der Waals surface area contributed by atoms with Crippen molar-refractivity contribution in [3.8, 4) is 0 Å². The summed E-state index contributed by atoms with van der Waals surface area (Å²) in [6.45, 7) is 5.59. The number of aryl methyl sites for hydroxylation is 4. The minimum absolute atomic E-state index is 0.0211. The van der Waals surface area contributed by atoms with Crippen molar-refractivity contribution in [3.05, 3.63) is 138 Å². The average molecular weight is 730 g/mol. The van der Waals surface area contributed by atoms with Gasteiger partial charge in [0.15, 0.2) is 12.4 Å². The Hall–Kier alpha value is -3.85. The molecule has 4 heterocycles. The summed E-state index contributed by atoms with van der Waals surface area (Å²) in [5, 5.41) is 30.4. The van der Waals surface area contributed by atoms with Crippen molar-refractivity contribution in [1.82, 2.24) is 10.2 Å². The second kappa shape index (κ2) is 15.8. The second-order valence-electron chi connectivity index (χ2n) is 14.2. The number of likely N-dealkylation sites (tertiary alicyclic amines) is 1. The van der Waals surface area contributed by atoms with Gasteiger partial charge in [0.25, 0.3) is 0 Å². The van der Waals surface area contributed by atoms with E-state index >= 15 is 0 Å². The highest BCUT2D eigenvalue weighted by atomic mass is 35.5. The highest BCUT2D eigenvalue weighted by Crippen LogP contribution is 2.43. The molecule has 8 nitrogen and oxygen atoms in total. The van der Waals surface area contributed by atoms with Crippen LogP contribution in [0.25, 0.3) is 0 Å². The van der Waals surface area contributed by atoms with Gasteiger partial charge in [-0.1, -0.05) is 35.3 Å². The van der Waals surface area contributed by atoms with E-state index in [1.807, 2.05) is 37.3 Å². The van der Waals surface area contributed by atoms with Crippen molar-refractivity contribution in [3.63, 3.8) is 0 Å². The summed E-state index contributed by atoms with van der Waals surface area (Å²) in [4.78, 5) is 13.8. The van der Waals surface area contributed by atoms with Crippen LogP contribution in [0.2, 0.25) is 10.0 Å². The second-order valence-corrected chi connectivity index (χ2v) is 15.1. The zero-order valence-electron chi connectivity index (χ0n) is 29.2. The van der Waals surface area contributed by atoms with Crippen LogP contribution in [0.3, 0.4) is 0 Å². The van der Waals surface area contributed by atoms with Gasteiger partial charge in [-0.3, -0.25) is 0 Å². The normalized spacial score (nSPS) is 20.3. The van der Waals surface area contributed by atoms with Crippen LogP contribution in [-0.4, -0.2) is 43.8 Å². The maximum Gasteiger partial charge on any atom is 0.409 e. The van der Waals surface area contributed by atoms with Crippen LogP contribution in [0.15, 0.2) is 73.1 Å². The fraction of sp³-hybridized carbons (Fsp3) is 0.439. The Morgan fingerprint density at radius 2 is 1.22 bits per heavy atom. The molecule has 2 atom stereocenters. The molecule has 2 fully saturated rings. The van der Waals surface area contributed by atoms with Gasteiger partial charge in [-0.2, -0.15) is 9.46 Å². The van der Waals surface area contributed by atoms with Gasteiger partial charge in [0, 0.05) is 46.4 Å². The summed E-state index contributed by atoms with van der Waals surface area (Å²) < 4.78 is 7.29. The zero-order valence-corrected chi connectivity index (χ0v) is 30.7. The van der Waals surface area contributed by atoms with Crippen molar-refractivity contribution in [2.75, 3.05) is 32.8 Å². The van der Waals surface area contributed by atoms with Gasteiger partial charge in [-0.05, 0) is 142 Å². The molecule has 51 heavy (non-hydrogen) atoms. The number of rotatable bonds is 3. The molecular formula is C41H46Cl2N4O4. The molecule has 4 aromatic rings. The molecule has 268 valence electrons. The van der Waals surface area contributed by atoms with Crippen LogP contribution >= 0.6 is 23.2 Å². The number of fused-ring (bicyclic) bond motifs is 4. The van der Waals surface area contributed by atoms with E-state index in [1.54, 1.807) is 17.3 Å². The Balaban J connectivity index is 0.000000162. The number of ether oxygens (including phenoxy) is 1. The van der Waals surface area contributed by atoms with Crippen molar-refractivity contribution in [2.24, 2.45) is 11.8 Å². The van der Waals surface area contributed by atoms with E-state index in [-0.39, 0.29) is 17.9 Å². The smallest absolute Gasteiger partial charge is 0.409 e. The lowest BCUT2D eigenvalue weighted by Gasteiger charge is -2.35. The molecule has 1 N–H and O–H groups in total. The maximum absolute atomic E-state index is 12.8. The number of benzene rings is 2. The lowest BCUT2D eigenvalue weighted by atomic mass is 9.76. The summed E-state index contributed by atoms with van der Waals surface area (Å²) in [6, 6.07) is 20.1. The first-order valence-corrected chi connectivity index (χ1v) is 19.2. The molecule has 2 aliphatic heterocycles. The van der Waals surface area contributed by atoms with E-state index in [0.29, 0.717) is 31.5 Å². The Bertz CT molecular complexity index is 1870. The predicted octanol–water partition coefficient (Wildman–Crippen LogP) is 7.28. The van der Waals surface area contributed by atoms with Crippen molar-refractivity contribution >= 4 is 29.3 Å². The number of hydrogen-bond donors (Lipinski definition) is 1. The fourth-order valence-corrected chi connectivity index (χ4v) is 9.36. The Labute approximate surface area is 310 Å². The number of carbonyl (C=O) groups is 1. The van der Waals surface area contributed by atoms with Crippen LogP contribution in [-0.2, 0) is 30.4 Å². The molecule has 1 amide bonds. The fourth-order valence-electron chi connectivity index (χ4n) is 8.97. The number of pyridine rings is 2. The van der Waals surface area contributed by atoms with Crippen LogP contribution in [0.1, 0.15) is 89.2 Å². The minimum Gasteiger partial charge on any atom is -0.618 e. The quantitative estimate of drug-likeness (QED) is 0.177. The van der Waals surface area contributed by atoms with E-state index in [0.717, 1.165) is 101 Å². The number of hydrogen-bond acceptors (Lipinski definition) is 5. The van der Waals surface area contributed by atoms with Gasteiger partial charge in [-0.25, -0.2) is 4.79 Å². The molecule has 2 aromatic heterocycles. The van der Waals surface area contributed by atoms with Crippen molar-refractivity contribution in [2.45, 2.75) is 70.1 Å². The zero-order chi connectivity index (χ0) is 35.5. The molecule has 2 saturated heterocycles. The molecule has 2 aromatic carbocycles. The molecule has 8 rings (SSSR count). The first-order valence-electron chi connectivity index (χ1n) is 18.4. The lowest BCUT2D eigenvalue weighted by molar-refractivity contribution is -0.616. The molecule has 2 unspecified atom stereocenters. The van der Waals surface area contributed by atoms with Crippen molar-refractivity contribution in [1.29, 1.82) is 0 Å². The summed E-state index contributed by atoms with van der Waals surface area (Å²) in [5.41, 5.74) is 9.16. The monoisotopic (exact) mass is 728 g/mol. The molecular weight excluding hydrogens is 683 g/mol. The third-order valence-corrected chi connectivity index (χ3v) is 11.8. The topological polar surface area (TPSA) is 95.5 Å². The number of halogens is 2. The number of nitrogens with zero attached hydrogens (tertiary/aromatic N) is 3. The summed E-state index contributed by atoms with van der Waals surface area (Å²) in [5.74, 6) is 1.01. The number of aromatic nitrogens is 2. The molecule has 0 saturated carbocycles. The van der Waals surface area contributed by atoms with Gasteiger partial charge in [0.05, 0.1) is 18.4 Å². The first kappa shape index (κ1) is 35.5. The first-order chi connectivity index (χ1) is 24.8. The minimum atomic E-state index is -0.242. The van der Waals surface area contributed by atoms with Gasteiger partial charge >= 0.3 is 6.09 Å². The van der Waals surface area contributed by atoms with E-state index < -0.39 is 0 Å². The standard InChI is InChI=1S/C22H25ClN2O3.C19H21ClN2O/c1-2-28-22(26)24-12-9-15(10-13-24)20-19-8-7-18(23)14-17(19)6-5-16-4-3-11-25(27)21(16)20;20-16-5-6-17-15(12-16)4-3-14-2-1-11-22(23)19(14)18(17)13-7-9-21-10-8-13/h3-4,7-8,11,14-15,20H,2,5-6,9-10,12-13H2,1H3;1-2,5-6,11-13,18,21H,3-4,7-10H2. The lowest BCUT2D eigenvalue weighted by Crippen LogP contribution is -2.42. The van der Waals surface area contributed by atoms with Gasteiger partial charge in [0.1, 0.15) is 0 Å². The number of carbonyl (C=O) groups excluding carboxylic acids is 1. The number of amides is 1.